The van der Waals surface area contributed by atoms with E-state index in [0.29, 0.717) is 6.04 Å². The molecule has 108 valence electrons. The summed E-state index contributed by atoms with van der Waals surface area (Å²) in [6.45, 7) is 4.14. The number of benzene rings is 1. The molecule has 0 bridgehead atoms. The van der Waals surface area contributed by atoms with E-state index < -0.39 is 0 Å². The standard InChI is InChI=1S/C15H22ClNO.ClH/c1-10(2)18-14-9-8-12(16)15-11(14)6-5-7-13(15)17(3)4;/h8-10,13H,5-7H2,1-4H3;1H. The molecule has 2 nitrogen and oxygen atoms in total. The third kappa shape index (κ3) is 3.56. The monoisotopic (exact) mass is 303 g/mol. The lowest BCUT2D eigenvalue weighted by Crippen LogP contribution is -3.06. The molecule has 1 aliphatic carbocycles. The van der Waals surface area contributed by atoms with Crippen molar-refractivity contribution < 1.29 is 22.0 Å². The highest BCUT2D eigenvalue weighted by atomic mass is 35.5. The van der Waals surface area contributed by atoms with Gasteiger partial charge in [0.05, 0.1) is 25.2 Å². The maximum absolute atomic E-state index is 6.42. The van der Waals surface area contributed by atoms with Gasteiger partial charge in [-0.25, -0.2) is 0 Å². The zero-order valence-electron chi connectivity index (χ0n) is 12.1. The van der Waals surface area contributed by atoms with Crippen molar-refractivity contribution >= 4 is 11.6 Å². The molecule has 1 aromatic rings. The maximum Gasteiger partial charge on any atom is 0.123 e. The molecule has 1 N–H and O–H groups in total. The van der Waals surface area contributed by atoms with Crippen molar-refractivity contribution in [3.63, 3.8) is 0 Å². The van der Waals surface area contributed by atoms with Gasteiger partial charge in [0, 0.05) is 17.5 Å². The fourth-order valence-corrected chi connectivity index (χ4v) is 3.13. The molecule has 1 aromatic carbocycles. The zero-order valence-corrected chi connectivity index (χ0v) is 13.6. The number of rotatable bonds is 3. The molecular weight excluding hydrogens is 281 g/mol. The van der Waals surface area contributed by atoms with Gasteiger partial charge >= 0.3 is 0 Å². The second kappa shape index (κ2) is 6.83. The first-order valence-corrected chi connectivity index (χ1v) is 7.16. The summed E-state index contributed by atoms with van der Waals surface area (Å²) in [6.07, 6.45) is 3.72. The van der Waals surface area contributed by atoms with Crippen LogP contribution in [0.4, 0.5) is 0 Å². The number of ether oxygens (including phenoxy) is 1. The molecule has 19 heavy (non-hydrogen) atoms. The summed E-state index contributed by atoms with van der Waals surface area (Å²) >= 11 is 6.42. The Morgan fingerprint density at radius 2 is 2.00 bits per heavy atom. The number of nitrogens with one attached hydrogen (secondary N) is 1. The molecule has 0 radical (unpaired) electrons. The fraction of sp³-hybridized carbons (Fsp3) is 0.600. The summed E-state index contributed by atoms with van der Waals surface area (Å²) in [4.78, 5) is 1.44. The van der Waals surface area contributed by atoms with E-state index in [1.807, 2.05) is 12.1 Å². The minimum atomic E-state index is 0. The Balaban J connectivity index is 0.00000180. The smallest absolute Gasteiger partial charge is 0.123 e. The Kier molecular flexibility index (Phi) is 5.97. The second-order valence-electron chi connectivity index (χ2n) is 5.63. The molecule has 0 fully saturated rings. The van der Waals surface area contributed by atoms with Crippen LogP contribution >= 0.6 is 11.6 Å². The highest BCUT2D eigenvalue weighted by Gasteiger charge is 2.29. The van der Waals surface area contributed by atoms with Crippen LogP contribution < -0.4 is 22.0 Å². The Bertz CT molecular complexity index is 432. The molecule has 0 saturated heterocycles. The first-order valence-electron chi connectivity index (χ1n) is 6.78. The van der Waals surface area contributed by atoms with Crippen LogP contribution in [-0.2, 0) is 6.42 Å². The Labute approximate surface area is 127 Å². The molecule has 1 unspecified atom stereocenters. The average molecular weight is 304 g/mol. The summed E-state index contributed by atoms with van der Waals surface area (Å²) in [7, 11) is 4.40. The number of quaternary nitrogens is 1. The molecule has 0 heterocycles. The van der Waals surface area contributed by atoms with Crippen LogP contribution in [0, 0.1) is 0 Å². The molecule has 4 heteroatoms. The quantitative estimate of drug-likeness (QED) is 0.806. The number of hydrogen-bond donors (Lipinski definition) is 1. The first kappa shape index (κ1) is 16.6. The van der Waals surface area contributed by atoms with Gasteiger partial charge in [0.15, 0.2) is 0 Å². The van der Waals surface area contributed by atoms with E-state index >= 15 is 0 Å². The van der Waals surface area contributed by atoms with Crippen molar-refractivity contribution in [3.05, 3.63) is 28.3 Å². The van der Waals surface area contributed by atoms with E-state index in [1.54, 1.807) is 0 Å². The minimum absolute atomic E-state index is 0. The van der Waals surface area contributed by atoms with Gasteiger partial charge in [-0.2, -0.15) is 0 Å². The van der Waals surface area contributed by atoms with E-state index in [4.69, 9.17) is 16.3 Å². The largest absolute Gasteiger partial charge is 1.00 e. The van der Waals surface area contributed by atoms with Gasteiger partial charge in [-0.05, 0) is 38.8 Å². The summed E-state index contributed by atoms with van der Waals surface area (Å²) in [5, 5.41) is 0.895. The molecular formula is C15H23Cl2NO. The normalized spacial score (nSPS) is 18.2. The molecule has 2 rings (SSSR count). The first-order chi connectivity index (χ1) is 8.50. The van der Waals surface area contributed by atoms with Crippen molar-refractivity contribution in [1.82, 2.24) is 0 Å². The third-order valence-corrected chi connectivity index (χ3v) is 3.92. The average Bonchev–Trinajstić information content (AvgIpc) is 2.31. The summed E-state index contributed by atoms with van der Waals surface area (Å²) in [6, 6.07) is 4.51. The van der Waals surface area contributed by atoms with E-state index in [-0.39, 0.29) is 18.5 Å². The van der Waals surface area contributed by atoms with Crippen LogP contribution in [0.3, 0.4) is 0 Å². The fourth-order valence-electron chi connectivity index (χ4n) is 2.82. The van der Waals surface area contributed by atoms with Gasteiger partial charge < -0.3 is 22.0 Å². The second-order valence-corrected chi connectivity index (χ2v) is 6.03. The summed E-state index contributed by atoms with van der Waals surface area (Å²) < 4.78 is 5.93. The molecule has 0 spiro atoms. The molecule has 0 amide bonds. The van der Waals surface area contributed by atoms with Gasteiger partial charge in [-0.1, -0.05) is 11.6 Å². The zero-order chi connectivity index (χ0) is 13.3. The van der Waals surface area contributed by atoms with Crippen LogP contribution in [0.5, 0.6) is 5.75 Å². The van der Waals surface area contributed by atoms with Crippen LogP contribution in [0.1, 0.15) is 43.9 Å². The van der Waals surface area contributed by atoms with Gasteiger partial charge in [-0.15, -0.1) is 0 Å². The molecule has 0 aliphatic heterocycles. The number of hydrogen-bond acceptors (Lipinski definition) is 1. The van der Waals surface area contributed by atoms with Crippen molar-refractivity contribution in [3.8, 4) is 5.75 Å². The van der Waals surface area contributed by atoms with Crippen LogP contribution in [0.25, 0.3) is 0 Å². The Morgan fingerprint density at radius 3 is 2.58 bits per heavy atom. The molecule has 1 aliphatic rings. The predicted molar refractivity (Wildman–Crippen MR) is 75.7 cm³/mol. The van der Waals surface area contributed by atoms with E-state index in [9.17, 15) is 0 Å². The minimum Gasteiger partial charge on any atom is -1.00 e. The maximum atomic E-state index is 6.42. The molecule has 1 atom stereocenters. The van der Waals surface area contributed by atoms with Crippen LogP contribution in [0.2, 0.25) is 5.02 Å². The summed E-state index contributed by atoms with van der Waals surface area (Å²) in [5.74, 6) is 1.02. The van der Waals surface area contributed by atoms with Crippen LogP contribution in [0.15, 0.2) is 12.1 Å². The van der Waals surface area contributed by atoms with Gasteiger partial charge in [0.2, 0.25) is 0 Å². The van der Waals surface area contributed by atoms with Crippen molar-refractivity contribution in [2.24, 2.45) is 0 Å². The summed E-state index contributed by atoms with van der Waals surface area (Å²) in [5.41, 5.74) is 2.63. The lowest BCUT2D eigenvalue weighted by atomic mass is 9.86. The highest BCUT2D eigenvalue weighted by Crippen LogP contribution is 2.38. The molecule has 0 saturated carbocycles. The number of fused-ring (bicyclic) bond motifs is 1. The van der Waals surface area contributed by atoms with Crippen molar-refractivity contribution in [2.45, 2.75) is 45.3 Å². The van der Waals surface area contributed by atoms with Crippen LogP contribution in [-0.4, -0.2) is 20.2 Å². The van der Waals surface area contributed by atoms with Gasteiger partial charge in [0.25, 0.3) is 0 Å². The topological polar surface area (TPSA) is 13.7 Å². The number of halogens is 2. The van der Waals surface area contributed by atoms with Crippen molar-refractivity contribution in [2.75, 3.05) is 14.1 Å². The molecule has 0 aromatic heterocycles. The van der Waals surface area contributed by atoms with Crippen molar-refractivity contribution in [1.29, 1.82) is 0 Å². The SMILES string of the molecule is CC(C)Oc1ccc(Cl)c2c1CCCC2[NH+](C)C.[Cl-]. The third-order valence-electron chi connectivity index (χ3n) is 3.59. The highest BCUT2D eigenvalue weighted by molar-refractivity contribution is 6.31. The Hall–Kier alpha value is -0.440. The van der Waals surface area contributed by atoms with E-state index in [2.05, 4.69) is 27.9 Å². The van der Waals surface area contributed by atoms with E-state index in [1.165, 1.54) is 28.9 Å². The van der Waals surface area contributed by atoms with Gasteiger partial charge in [0.1, 0.15) is 11.8 Å². The Morgan fingerprint density at radius 1 is 1.32 bits per heavy atom. The lowest BCUT2D eigenvalue weighted by Gasteiger charge is -2.30. The lowest BCUT2D eigenvalue weighted by molar-refractivity contribution is -0.893. The van der Waals surface area contributed by atoms with E-state index in [0.717, 1.165) is 17.2 Å². The predicted octanol–water partition coefficient (Wildman–Crippen LogP) is -0.347. The van der Waals surface area contributed by atoms with Gasteiger partial charge in [-0.3, -0.25) is 0 Å².